The van der Waals surface area contributed by atoms with Crippen molar-refractivity contribution in [1.29, 1.82) is 0 Å². The molecule has 0 spiro atoms. The Morgan fingerprint density at radius 2 is 1.52 bits per heavy atom. The molecule has 2 aromatic carbocycles. The molecule has 0 bridgehead atoms. The van der Waals surface area contributed by atoms with Gasteiger partial charge in [0.15, 0.2) is 0 Å². The van der Waals surface area contributed by atoms with Crippen LogP contribution in [0.3, 0.4) is 0 Å². The van der Waals surface area contributed by atoms with E-state index in [1.807, 2.05) is 53.4 Å². The molecule has 1 amide bonds. The van der Waals surface area contributed by atoms with Crippen molar-refractivity contribution in [2.45, 2.75) is 25.3 Å². The number of amides is 1. The second kappa shape index (κ2) is 7.84. The van der Waals surface area contributed by atoms with E-state index in [-0.39, 0.29) is 5.91 Å². The zero-order valence-corrected chi connectivity index (χ0v) is 13.0. The molecule has 2 aromatic rings. The van der Waals surface area contributed by atoms with E-state index in [2.05, 4.69) is 12.1 Å². The average molecular weight is 302 g/mol. The molecule has 0 saturated heterocycles. The summed E-state index contributed by atoms with van der Waals surface area (Å²) in [6, 6.07) is 20.2. The van der Waals surface area contributed by atoms with E-state index in [4.69, 9.17) is 11.6 Å². The Hall–Kier alpha value is -1.80. The van der Waals surface area contributed by atoms with Crippen molar-refractivity contribution >= 4 is 17.5 Å². The number of alkyl halides is 1. The van der Waals surface area contributed by atoms with Gasteiger partial charge in [0.05, 0.1) is 0 Å². The van der Waals surface area contributed by atoms with Crippen LogP contribution in [0, 0.1) is 0 Å². The van der Waals surface area contributed by atoms with Crippen LogP contribution in [0.1, 0.15) is 18.1 Å². The van der Waals surface area contributed by atoms with Gasteiger partial charge < -0.3 is 4.90 Å². The van der Waals surface area contributed by atoms with Crippen molar-refractivity contribution in [3.63, 3.8) is 0 Å². The van der Waals surface area contributed by atoms with Gasteiger partial charge in [-0.05, 0) is 24.5 Å². The lowest BCUT2D eigenvalue weighted by atomic mass is 10.1. The molecule has 2 rings (SSSR count). The molecule has 3 heteroatoms. The van der Waals surface area contributed by atoms with Crippen LogP contribution < -0.4 is 0 Å². The fourth-order valence-electron chi connectivity index (χ4n) is 2.23. The summed E-state index contributed by atoms with van der Waals surface area (Å²) < 4.78 is 0. The van der Waals surface area contributed by atoms with Gasteiger partial charge in [-0.15, -0.1) is 11.6 Å². The first kappa shape index (κ1) is 15.6. The molecule has 0 aliphatic rings. The highest BCUT2D eigenvalue weighted by Crippen LogP contribution is 2.10. The van der Waals surface area contributed by atoms with Gasteiger partial charge in [0, 0.05) is 13.1 Å². The molecule has 0 radical (unpaired) electrons. The molecule has 1 atom stereocenters. The molecule has 110 valence electrons. The van der Waals surface area contributed by atoms with Crippen molar-refractivity contribution in [3.8, 4) is 0 Å². The predicted molar refractivity (Wildman–Crippen MR) is 87.3 cm³/mol. The van der Waals surface area contributed by atoms with Crippen molar-refractivity contribution in [3.05, 3.63) is 71.8 Å². The maximum absolute atomic E-state index is 12.3. The summed E-state index contributed by atoms with van der Waals surface area (Å²) in [5.41, 5.74) is 2.35. The molecule has 0 N–H and O–H groups in total. The van der Waals surface area contributed by atoms with Gasteiger partial charge in [0.2, 0.25) is 5.91 Å². The van der Waals surface area contributed by atoms with Gasteiger partial charge in [-0.1, -0.05) is 60.7 Å². The third-order valence-corrected chi connectivity index (χ3v) is 3.57. The van der Waals surface area contributed by atoms with Gasteiger partial charge in [-0.25, -0.2) is 0 Å². The van der Waals surface area contributed by atoms with Gasteiger partial charge in [-0.3, -0.25) is 4.79 Å². The second-order valence-electron chi connectivity index (χ2n) is 5.10. The van der Waals surface area contributed by atoms with Crippen LogP contribution in [-0.4, -0.2) is 22.7 Å². The topological polar surface area (TPSA) is 20.3 Å². The minimum Gasteiger partial charge on any atom is -0.337 e. The maximum atomic E-state index is 12.3. The van der Waals surface area contributed by atoms with Crippen LogP contribution in [0.25, 0.3) is 0 Å². The Labute approximate surface area is 131 Å². The summed E-state index contributed by atoms with van der Waals surface area (Å²) >= 11 is 5.98. The van der Waals surface area contributed by atoms with Crippen LogP contribution in [0.15, 0.2) is 60.7 Å². The van der Waals surface area contributed by atoms with Crippen LogP contribution in [0.2, 0.25) is 0 Å². The second-order valence-corrected chi connectivity index (χ2v) is 5.75. The minimum atomic E-state index is -0.496. The van der Waals surface area contributed by atoms with Gasteiger partial charge >= 0.3 is 0 Å². The molecule has 0 aliphatic heterocycles. The third-order valence-electron chi connectivity index (χ3n) is 3.38. The number of benzene rings is 2. The SMILES string of the molecule is C[C@H](Cl)C(=O)N(CCc1ccccc1)Cc1ccccc1. The number of hydrogen-bond acceptors (Lipinski definition) is 1. The first-order valence-corrected chi connectivity index (χ1v) is 7.61. The van der Waals surface area contributed by atoms with Crippen LogP contribution in [0.4, 0.5) is 0 Å². The normalized spacial score (nSPS) is 11.9. The molecule has 0 saturated carbocycles. The predicted octanol–water partition coefficient (Wildman–Crippen LogP) is 3.89. The Morgan fingerprint density at radius 1 is 1.00 bits per heavy atom. The largest absolute Gasteiger partial charge is 0.337 e. The summed E-state index contributed by atoms with van der Waals surface area (Å²) in [7, 11) is 0. The highest BCUT2D eigenvalue weighted by atomic mass is 35.5. The average Bonchev–Trinajstić information content (AvgIpc) is 2.52. The van der Waals surface area contributed by atoms with Crippen molar-refractivity contribution in [1.82, 2.24) is 4.90 Å². The highest BCUT2D eigenvalue weighted by molar-refractivity contribution is 6.30. The van der Waals surface area contributed by atoms with E-state index in [0.29, 0.717) is 13.1 Å². The van der Waals surface area contributed by atoms with E-state index < -0.39 is 5.38 Å². The molecule has 21 heavy (non-hydrogen) atoms. The molecular formula is C18H20ClNO. The number of carbonyl (C=O) groups excluding carboxylic acids is 1. The summed E-state index contributed by atoms with van der Waals surface area (Å²) in [4.78, 5) is 14.1. The van der Waals surface area contributed by atoms with Gasteiger partial charge in [0.1, 0.15) is 5.38 Å². The van der Waals surface area contributed by atoms with E-state index in [9.17, 15) is 4.79 Å². The number of hydrogen-bond donors (Lipinski definition) is 0. The van der Waals surface area contributed by atoms with E-state index in [0.717, 1.165) is 12.0 Å². The Balaban J connectivity index is 2.04. The van der Waals surface area contributed by atoms with E-state index in [1.165, 1.54) is 5.56 Å². The smallest absolute Gasteiger partial charge is 0.240 e. The standard InChI is InChI=1S/C18H20ClNO/c1-15(19)18(21)20(14-17-10-6-3-7-11-17)13-12-16-8-4-2-5-9-16/h2-11,15H,12-14H2,1H3/t15-/m0/s1. The van der Waals surface area contributed by atoms with Gasteiger partial charge in [-0.2, -0.15) is 0 Å². The maximum Gasteiger partial charge on any atom is 0.240 e. The quantitative estimate of drug-likeness (QED) is 0.741. The first-order chi connectivity index (χ1) is 10.2. The summed E-state index contributed by atoms with van der Waals surface area (Å²) in [5.74, 6) is -0.0172. The van der Waals surface area contributed by atoms with Crippen molar-refractivity contribution in [2.75, 3.05) is 6.54 Å². The first-order valence-electron chi connectivity index (χ1n) is 7.17. The fourth-order valence-corrected chi connectivity index (χ4v) is 2.37. The van der Waals surface area contributed by atoms with Crippen molar-refractivity contribution < 1.29 is 4.79 Å². The Kier molecular flexibility index (Phi) is 5.82. The number of nitrogens with zero attached hydrogens (tertiary/aromatic N) is 1. The minimum absolute atomic E-state index is 0.0172. The highest BCUT2D eigenvalue weighted by Gasteiger charge is 2.18. The Morgan fingerprint density at radius 3 is 2.05 bits per heavy atom. The molecule has 0 aliphatic carbocycles. The number of halogens is 1. The van der Waals surface area contributed by atoms with E-state index >= 15 is 0 Å². The zero-order chi connectivity index (χ0) is 15.1. The zero-order valence-electron chi connectivity index (χ0n) is 12.2. The fraction of sp³-hybridized carbons (Fsp3) is 0.278. The monoisotopic (exact) mass is 301 g/mol. The summed E-state index contributed by atoms with van der Waals surface area (Å²) in [6.07, 6.45) is 0.836. The van der Waals surface area contributed by atoms with Crippen LogP contribution in [-0.2, 0) is 17.8 Å². The van der Waals surface area contributed by atoms with E-state index in [1.54, 1.807) is 6.92 Å². The molecule has 2 nitrogen and oxygen atoms in total. The lowest BCUT2D eigenvalue weighted by Crippen LogP contribution is -2.36. The number of rotatable bonds is 6. The third kappa shape index (κ3) is 4.91. The van der Waals surface area contributed by atoms with Crippen molar-refractivity contribution in [2.24, 2.45) is 0 Å². The molecule has 0 aromatic heterocycles. The number of carbonyl (C=O) groups is 1. The lowest BCUT2D eigenvalue weighted by molar-refractivity contribution is -0.131. The molecule has 0 unspecified atom stereocenters. The lowest BCUT2D eigenvalue weighted by Gasteiger charge is -2.24. The summed E-state index contributed by atoms with van der Waals surface area (Å²) in [5, 5.41) is -0.496. The Bertz CT molecular complexity index is 554. The van der Waals surface area contributed by atoms with Gasteiger partial charge in [0.25, 0.3) is 0 Å². The molecule has 0 fully saturated rings. The summed E-state index contributed by atoms with van der Waals surface area (Å²) in [6.45, 7) is 3.00. The molecular weight excluding hydrogens is 282 g/mol. The van der Waals surface area contributed by atoms with Crippen LogP contribution in [0.5, 0.6) is 0 Å². The van der Waals surface area contributed by atoms with Crippen LogP contribution >= 0.6 is 11.6 Å². The molecule has 0 heterocycles.